The summed E-state index contributed by atoms with van der Waals surface area (Å²) in [6.45, 7) is 0.847. The van der Waals surface area contributed by atoms with E-state index in [1.54, 1.807) is 6.07 Å². The van der Waals surface area contributed by atoms with Gasteiger partial charge in [-0.2, -0.15) is 0 Å². The number of nitrogens with one attached hydrogen (secondary N) is 1. The maximum absolute atomic E-state index is 13.2. The summed E-state index contributed by atoms with van der Waals surface area (Å²) in [6.07, 6.45) is 1.39. The predicted molar refractivity (Wildman–Crippen MR) is 62.0 cm³/mol. The summed E-state index contributed by atoms with van der Waals surface area (Å²) in [7, 11) is 0. The van der Waals surface area contributed by atoms with Gasteiger partial charge in [0.25, 0.3) is 5.91 Å². The number of rotatable bonds is 6. The second-order valence-electron chi connectivity index (χ2n) is 3.40. The van der Waals surface area contributed by atoms with Crippen LogP contribution < -0.4 is 5.32 Å². The van der Waals surface area contributed by atoms with Gasteiger partial charge >= 0.3 is 0 Å². The SMILES string of the molecule is [N-]=[N+]=NCCCCNC(=O)c1ccccc1F. The zero-order valence-corrected chi connectivity index (χ0v) is 9.27. The van der Waals surface area contributed by atoms with Crippen LogP contribution in [0.4, 0.5) is 4.39 Å². The Hall–Kier alpha value is -2.07. The van der Waals surface area contributed by atoms with E-state index < -0.39 is 11.7 Å². The molecule has 0 fully saturated rings. The highest BCUT2D eigenvalue weighted by Gasteiger charge is 2.09. The van der Waals surface area contributed by atoms with Crippen molar-refractivity contribution in [1.82, 2.24) is 5.32 Å². The third-order valence-electron chi connectivity index (χ3n) is 2.15. The van der Waals surface area contributed by atoms with Crippen LogP contribution in [-0.2, 0) is 0 Å². The van der Waals surface area contributed by atoms with E-state index in [2.05, 4.69) is 15.3 Å². The van der Waals surface area contributed by atoms with E-state index in [1.165, 1.54) is 18.2 Å². The number of amides is 1. The summed E-state index contributed by atoms with van der Waals surface area (Å²) in [4.78, 5) is 14.1. The van der Waals surface area contributed by atoms with Crippen LogP contribution in [0, 0.1) is 5.82 Å². The summed E-state index contributed by atoms with van der Waals surface area (Å²) >= 11 is 0. The maximum Gasteiger partial charge on any atom is 0.254 e. The molecule has 0 aliphatic rings. The minimum Gasteiger partial charge on any atom is -0.352 e. The summed E-state index contributed by atoms with van der Waals surface area (Å²) in [5, 5.41) is 5.97. The van der Waals surface area contributed by atoms with Gasteiger partial charge in [0, 0.05) is 18.0 Å². The van der Waals surface area contributed by atoms with Crippen molar-refractivity contribution < 1.29 is 9.18 Å². The van der Waals surface area contributed by atoms with Crippen LogP contribution in [0.5, 0.6) is 0 Å². The number of halogens is 1. The third-order valence-corrected chi connectivity index (χ3v) is 2.15. The molecule has 0 radical (unpaired) electrons. The molecule has 0 aliphatic carbocycles. The number of azide groups is 1. The van der Waals surface area contributed by atoms with Crippen molar-refractivity contribution in [3.8, 4) is 0 Å². The van der Waals surface area contributed by atoms with E-state index >= 15 is 0 Å². The van der Waals surface area contributed by atoms with E-state index in [0.29, 0.717) is 25.9 Å². The normalized spacial score (nSPS) is 9.47. The first kappa shape index (κ1) is 13.0. The number of benzene rings is 1. The molecule has 0 aromatic heterocycles. The smallest absolute Gasteiger partial charge is 0.254 e. The quantitative estimate of drug-likeness (QED) is 0.350. The predicted octanol–water partition coefficient (Wildman–Crippen LogP) is 2.65. The van der Waals surface area contributed by atoms with Crippen molar-refractivity contribution >= 4 is 5.91 Å². The lowest BCUT2D eigenvalue weighted by atomic mass is 10.2. The molecule has 0 spiro atoms. The molecule has 17 heavy (non-hydrogen) atoms. The molecule has 0 aliphatic heterocycles. The number of hydrogen-bond acceptors (Lipinski definition) is 2. The molecule has 6 heteroatoms. The van der Waals surface area contributed by atoms with Gasteiger partial charge in [-0.3, -0.25) is 4.79 Å². The van der Waals surface area contributed by atoms with E-state index in [9.17, 15) is 9.18 Å². The first-order chi connectivity index (χ1) is 8.25. The first-order valence-corrected chi connectivity index (χ1v) is 5.29. The van der Waals surface area contributed by atoms with Crippen molar-refractivity contribution in [3.63, 3.8) is 0 Å². The molecule has 0 unspecified atom stereocenters. The minimum absolute atomic E-state index is 0.0440. The van der Waals surface area contributed by atoms with Gasteiger partial charge in [0.1, 0.15) is 5.82 Å². The Bertz CT molecular complexity index is 429. The Balaban J connectivity index is 2.31. The lowest BCUT2D eigenvalue weighted by Gasteiger charge is -2.05. The summed E-state index contributed by atoms with van der Waals surface area (Å²) < 4.78 is 13.2. The van der Waals surface area contributed by atoms with E-state index in [1.807, 2.05) is 0 Å². The second kappa shape index (κ2) is 7.24. The highest BCUT2D eigenvalue weighted by Crippen LogP contribution is 2.05. The Morgan fingerprint density at radius 2 is 2.18 bits per heavy atom. The maximum atomic E-state index is 13.2. The van der Waals surface area contributed by atoms with Gasteiger partial charge in [-0.05, 0) is 30.5 Å². The van der Waals surface area contributed by atoms with E-state index in [0.717, 1.165) is 0 Å². The average Bonchev–Trinajstić information content (AvgIpc) is 2.34. The lowest BCUT2D eigenvalue weighted by molar-refractivity contribution is 0.0949. The van der Waals surface area contributed by atoms with Crippen LogP contribution in [0.15, 0.2) is 29.4 Å². The van der Waals surface area contributed by atoms with Crippen LogP contribution in [-0.4, -0.2) is 19.0 Å². The fraction of sp³-hybridized carbons (Fsp3) is 0.364. The highest BCUT2D eigenvalue weighted by molar-refractivity contribution is 5.94. The van der Waals surface area contributed by atoms with Gasteiger partial charge in [-0.25, -0.2) is 4.39 Å². The first-order valence-electron chi connectivity index (χ1n) is 5.29. The number of carbonyl (C=O) groups excluding carboxylic acids is 1. The molecular weight excluding hydrogens is 223 g/mol. The zero-order chi connectivity index (χ0) is 12.5. The van der Waals surface area contributed by atoms with Crippen LogP contribution in [0.25, 0.3) is 10.4 Å². The van der Waals surface area contributed by atoms with Crippen molar-refractivity contribution in [2.45, 2.75) is 12.8 Å². The molecule has 90 valence electrons. The molecule has 0 bridgehead atoms. The van der Waals surface area contributed by atoms with Crippen LogP contribution >= 0.6 is 0 Å². The van der Waals surface area contributed by atoms with Crippen molar-refractivity contribution in [3.05, 3.63) is 46.1 Å². The van der Waals surface area contributed by atoms with Gasteiger partial charge in [-0.1, -0.05) is 17.2 Å². The Kier molecular flexibility index (Phi) is 5.54. The van der Waals surface area contributed by atoms with Crippen LogP contribution in [0.2, 0.25) is 0 Å². The summed E-state index contributed by atoms with van der Waals surface area (Å²) in [5.41, 5.74) is 8.08. The van der Waals surface area contributed by atoms with Gasteiger partial charge in [0.05, 0.1) is 5.56 Å². The fourth-order valence-corrected chi connectivity index (χ4v) is 1.29. The molecule has 0 saturated carbocycles. The van der Waals surface area contributed by atoms with Gasteiger partial charge in [0.2, 0.25) is 0 Å². The average molecular weight is 236 g/mol. The Morgan fingerprint density at radius 3 is 2.88 bits per heavy atom. The standard InChI is InChI=1S/C11H13FN4O/c12-10-6-2-1-5-9(10)11(17)14-7-3-4-8-15-16-13/h1-2,5-6H,3-4,7-8H2,(H,14,17). The molecule has 1 N–H and O–H groups in total. The van der Waals surface area contributed by atoms with E-state index in [-0.39, 0.29) is 5.56 Å². The van der Waals surface area contributed by atoms with Crippen molar-refractivity contribution in [2.75, 3.05) is 13.1 Å². The van der Waals surface area contributed by atoms with Crippen LogP contribution in [0.3, 0.4) is 0 Å². The molecule has 0 saturated heterocycles. The molecule has 1 amide bonds. The third kappa shape index (κ3) is 4.53. The summed E-state index contributed by atoms with van der Waals surface area (Å²) in [6, 6.07) is 5.83. The molecule has 0 heterocycles. The fourth-order valence-electron chi connectivity index (χ4n) is 1.29. The van der Waals surface area contributed by atoms with Crippen molar-refractivity contribution in [2.24, 2.45) is 5.11 Å². The minimum atomic E-state index is -0.529. The van der Waals surface area contributed by atoms with Crippen LogP contribution in [0.1, 0.15) is 23.2 Å². The topological polar surface area (TPSA) is 77.9 Å². The molecule has 1 rings (SSSR count). The lowest BCUT2D eigenvalue weighted by Crippen LogP contribution is -2.25. The molecule has 1 aromatic rings. The van der Waals surface area contributed by atoms with Gasteiger partial charge in [-0.15, -0.1) is 0 Å². The zero-order valence-electron chi connectivity index (χ0n) is 9.27. The molecule has 1 aromatic carbocycles. The molecule has 0 atom stereocenters. The second-order valence-corrected chi connectivity index (χ2v) is 3.40. The number of nitrogens with zero attached hydrogens (tertiary/aromatic N) is 3. The molecule has 5 nitrogen and oxygen atoms in total. The van der Waals surface area contributed by atoms with Crippen molar-refractivity contribution in [1.29, 1.82) is 0 Å². The molecular formula is C11H13FN4O. The number of unbranched alkanes of at least 4 members (excludes halogenated alkanes) is 1. The number of hydrogen-bond donors (Lipinski definition) is 1. The van der Waals surface area contributed by atoms with E-state index in [4.69, 9.17) is 5.53 Å². The number of carbonyl (C=O) groups is 1. The Morgan fingerprint density at radius 1 is 1.41 bits per heavy atom. The Labute approximate surface area is 98.3 Å². The highest BCUT2D eigenvalue weighted by atomic mass is 19.1. The van der Waals surface area contributed by atoms with Gasteiger partial charge < -0.3 is 5.32 Å². The monoisotopic (exact) mass is 236 g/mol. The van der Waals surface area contributed by atoms with Gasteiger partial charge in [0.15, 0.2) is 0 Å². The largest absolute Gasteiger partial charge is 0.352 e. The summed E-state index contributed by atoms with van der Waals surface area (Å²) in [5.74, 6) is -0.953.